The Morgan fingerprint density at radius 3 is 2.56 bits per heavy atom. The van der Waals surface area contributed by atoms with E-state index in [-0.39, 0.29) is 5.25 Å². The molecule has 1 atom stereocenters. The lowest BCUT2D eigenvalue weighted by atomic mass is 10.2. The first-order valence-corrected chi connectivity index (χ1v) is 4.70. The fourth-order valence-electron chi connectivity index (χ4n) is 1.06. The standard InChI is InChI=1S/C5H11NO2S/c1-2-5-3-4-6-9(5,7)8/h5-6H,2-4H2,1H3. The molecule has 0 aromatic rings. The van der Waals surface area contributed by atoms with E-state index in [1.807, 2.05) is 6.92 Å². The van der Waals surface area contributed by atoms with Crippen LogP contribution < -0.4 is 4.72 Å². The van der Waals surface area contributed by atoms with Crippen LogP contribution in [-0.2, 0) is 10.0 Å². The van der Waals surface area contributed by atoms with Gasteiger partial charge in [0.2, 0.25) is 10.0 Å². The lowest BCUT2D eigenvalue weighted by Crippen LogP contribution is -2.22. The topological polar surface area (TPSA) is 46.2 Å². The number of hydrogen-bond donors (Lipinski definition) is 1. The van der Waals surface area contributed by atoms with Gasteiger partial charge in [-0.2, -0.15) is 0 Å². The molecule has 1 heterocycles. The van der Waals surface area contributed by atoms with Gasteiger partial charge in [-0.25, -0.2) is 13.1 Å². The second-order valence-electron chi connectivity index (χ2n) is 2.26. The molecule has 0 aromatic carbocycles. The minimum atomic E-state index is -2.89. The zero-order valence-corrected chi connectivity index (χ0v) is 6.24. The van der Waals surface area contributed by atoms with Crippen molar-refractivity contribution in [2.24, 2.45) is 0 Å². The summed E-state index contributed by atoms with van der Waals surface area (Å²) in [7, 11) is -2.89. The molecule has 0 spiro atoms. The predicted octanol–water partition coefficient (Wildman–Crippen LogP) is 0.0881. The monoisotopic (exact) mass is 149 g/mol. The van der Waals surface area contributed by atoms with E-state index in [4.69, 9.17) is 0 Å². The Hall–Kier alpha value is -0.0900. The van der Waals surface area contributed by atoms with Crippen LogP contribution in [0.5, 0.6) is 0 Å². The minimum Gasteiger partial charge on any atom is -0.215 e. The highest BCUT2D eigenvalue weighted by Crippen LogP contribution is 2.13. The average molecular weight is 149 g/mol. The summed E-state index contributed by atoms with van der Waals surface area (Å²) in [6.07, 6.45) is 1.51. The van der Waals surface area contributed by atoms with Crippen molar-refractivity contribution in [1.29, 1.82) is 0 Å². The van der Waals surface area contributed by atoms with Crippen molar-refractivity contribution in [3.63, 3.8) is 0 Å². The van der Waals surface area contributed by atoms with E-state index in [0.29, 0.717) is 6.54 Å². The van der Waals surface area contributed by atoms with Gasteiger partial charge in [-0.05, 0) is 12.8 Å². The molecule has 0 aromatic heterocycles. The van der Waals surface area contributed by atoms with Gasteiger partial charge in [-0.1, -0.05) is 6.92 Å². The predicted molar refractivity (Wildman–Crippen MR) is 35.6 cm³/mol. The number of sulfonamides is 1. The van der Waals surface area contributed by atoms with Crippen LogP contribution in [0.15, 0.2) is 0 Å². The van der Waals surface area contributed by atoms with Crippen molar-refractivity contribution in [3.8, 4) is 0 Å². The van der Waals surface area contributed by atoms with Gasteiger partial charge in [0.1, 0.15) is 0 Å². The SMILES string of the molecule is CCC1CCNS1(=O)=O. The maximum Gasteiger partial charge on any atom is 0.214 e. The lowest BCUT2D eigenvalue weighted by Gasteiger charge is -2.01. The van der Waals surface area contributed by atoms with Crippen LogP contribution in [0.25, 0.3) is 0 Å². The average Bonchev–Trinajstić information content (AvgIpc) is 2.08. The minimum absolute atomic E-state index is 0.127. The largest absolute Gasteiger partial charge is 0.215 e. The van der Waals surface area contributed by atoms with Crippen LogP contribution in [0.4, 0.5) is 0 Å². The van der Waals surface area contributed by atoms with Gasteiger partial charge in [0.15, 0.2) is 0 Å². The number of rotatable bonds is 1. The van der Waals surface area contributed by atoms with E-state index in [1.165, 1.54) is 0 Å². The summed E-state index contributed by atoms with van der Waals surface area (Å²) < 4.78 is 24.2. The molecule has 3 nitrogen and oxygen atoms in total. The van der Waals surface area contributed by atoms with Crippen LogP contribution in [-0.4, -0.2) is 20.2 Å². The highest BCUT2D eigenvalue weighted by Gasteiger charge is 2.28. The second-order valence-corrected chi connectivity index (χ2v) is 4.30. The molecule has 1 aliphatic heterocycles. The fraction of sp³-hybridized carbons (Fsp3) is 1.00. The van der Waals surface area contributed by atoms with Gasteiger partial charge in [-0.3, -0.25) is 0 Å². The molecule has 1 fully saturated rings. The Kier molecular flexibility index (Phi) is 1.77. The maximum atomic E-state index is 10.9. The molecule has 4 heteroatoms. The van der Waals surface area contributed by atoms with Crippen LogP contribution in [0.3, 0.4) is 0 Å². The molecule has 1 N–H and O–H groups in total. The van der Waals surface area contributed by atoms with Gasteiger partial charge in [0, 0.05) is 6.54 Å². The molecule has 0 radical (unpaired) electrons. The van der Waals surface area contributed by atoms with Gasteiger partial charge in [0.05, 0.1) is 5.25 Å². The van der Waals surface area contributed by atoms with Crippen molar-refractivity contribution < 1.29 is 8.42 Å². The normalized spacial score (nSPS) is 32.8. The second kappa shape index (κ2) is 2.27. The number of nitrogens with one attached hydrogen (secondary N) is 1. The Morgan fingerprint density at radius 2 is 2.33 bits per heavy atom. The molecule has 1 unspecified atom stereocenters. The van der Waals surface area contributed by atoms with Gasteiger partial charge in [-0.15, -0.1) is 0 Å². The molecule has 1 saturated heterocycles. The highest BCUT2D eigenvalue weighted by atomic mass is 32.2. The fourth-order valence-corrected chi connectivity index (χ4v) is 2.56. The molecular weight excluding hydrogens is 138 g/mol. The Bertz CT molecular complexity index is 185. The maximum absolute atomic E-state index is 10.9. The first-order valence-electron chi connectivity index (χ1n) is 3.15. The quantitative estimate of drug-likeness (QED) is 0.574. The van der Waals surface area contributed by atoms with Crippen LogP contribution >= 0.6 is 0 Å². The first-order chi connectivity index (χ1) is 4.17. The highest BCUT2D eigenvalue weighted by molar-refractivity contribution is 7.90. The zero-order valence-electron chi connectivity index (χ0n) is 5.42. The molecule has 1 aliphatic rings. The summed E-state index contributed by atoms with van der Waals surface area (Å²) in [6, 6.07) is 0. The first kappa shape index (κ1) is 7.02. The molecule has 0 amide bonds. The summed E-state index contributed by atoms with van der Waals surface area (Å²) >= 11 is 0. The summed E-state index contributed by atoms with van der Waals surface area (Å²) in [5.74, 6) is 0. The molecule has 0 bridgehead atoms. The van der Waals surface area contributed by atoms with Crippen molar-refractivity contribution in [1.82, 2.24) is 4.72 Å². The van der Waals surface area contributed by atoms with Crippen molar-refractivity contribution in [2.45, 2.75) is 25.0 Å². The molecule has 0 saturated carbocycles. The van der Waals surface area contributed by atoms with Crippen LogP contribution in [0.1, 0.15) is 19.8 Å². The third-order valence-electron chi connectivity index (χ3n) is 1.66. The van der Waals surface area contributed by atoms with Crippen LogP contribution in [0, 0.1) is 0 Å². The number of hydrogen-bond acceptors (Lipinski definition) is 2. The van der Waals surface area contributed by atoms with E-state index in [1.54, 1.807) is 0 Å². The Morgan fingerprint density at radius 1 is 1.67 bits per heavy atom. The lowest BCUT2D eigenvalue weighted by molar-refractivity contribution is 0.581. The Labute approximate surface area is 55.5 Å². The summed E-state index contributed by atoms with van der Waals surface area (Å²) in [5, 5.41) is -0.127. The molecule has 1 rings (SSSR count). The molecule has 9 heavy (non-hydrogen) atoms. The van der Waals surface area contributed by atoms with E-state index < -0.39 is 10.0 Å². The third kappa shape index (κ3) is 1.24. The third-order valence-corrected chi connectivity index (χ3v) is 3.72. The summed E-state index contributed by atoms with van der Waals surface area (Å²) in [6.45, 7) is 2.52. The molecule has 0 aliphatic carbocycles. The van der Waals surface area contributed by atoms with Crippen molar-refractivity contribution in [2.75, 3.05) is 6.54 Å². The van der Waals surface area contributed by atoms with E-state index >= 15 is 0 Å². The van der Waals surface area contributed by atoms with E-state index in [9.17, 15) is 8.42 Å². The smallest absolute Gasteiger partial charge is 0.214 e. The summed E-state index contributed by atoms with van der Waals surface area (Å²) in [4.78, 5) is 0. The van der Waals surface area contributed by atoms with Gasteiger partial charge in [0.25, 0.3) is 0 Å². The van der Waals surface area contributed by atoms with Gasteiger partial charge < -0.3 is 0 Å². The van der Waals surface area contributed by atoms with Crippen molar-refractivity contribution >= 4 is 10.0 Å². The van der Waals surface area contributed by atoms with Crippen LogP contribution in [0.2, 0.25) is 0 Å². The van der Waals surface area contributed by atoms with Crippen molar-refractivity contribution in [3.05, 3.63) is 0 Å². The Balaban J connectivity index is 2.75. The van der Waals surface area contributed by atoms with Gasteiger partial charge >= 0.3 is 0 Å². The molecule has 54 valence electrons. The van der Waals surface area contributed by atoms with E-state index in [0.717, 1.165) is 12.8 Å². The summed E-state index contributed by atoms with van der Waals surface area (Å²) in [5.41, 5.74) is 0. The van der Waals surface area contributed by atoms with E-state index in [2.05, 4.69) is 4.72 Å². The molecular formula is C5H11NO2S. The zero-order chi connectivity index (χ0) is 6.91.